The predicted octanol–water partition coefficient (Wildman–Crippen LogP) is 1.07. The quantitative estimate of drug-likeness (QED) is 0.237. The Balaban J connectivity index is 1.70. The topological polar surface area (TPSA) is 163 Å². The predicted molar refractivity (Wildman–Crippen MR) is 111 cm³/mol. The van der Waals surface area contributed by atoms with Crippen molar-refractivity contribution in [3.63, 3.8) is 0 Å². The van der Waals surface area contributed by atoms with Gasteiger partial charge in [-0.2, -0.15) is 17.2 Å². The van der Waals surface area contributed by atoms with Crippen LogP contribution in [0.25, 0.3) is 0 Å². The zero-order valence-electron chi connectivity index (χ0n) is 19.8. The molecule has 14 heteroatoms. The molecule has 3 heterocycles. The van der Waals surface area contributed by atoms with Crippen LogP contribution in [-0.2, 0) is 43.4 Å². The molecule has 200 valence electrons. The standard InChI is InChI=1S/C21H30F2O11S/c1-6-20(27,7-2)12-11-13-15(34-19(11)26)16(14(12)32-13)33-18(25)9(4)8(3)17(24)31-10(5)21(22,23)35(28,29)30/h8-16,27H,6-7H2,1-5H3,(H,28,29,30). The first kappa shape index (κ1) is 27.7. The van der Waals surface area contributed by atoms with Crippen molar-refractivity contribution in [2.75, 3.05) is 0 Å². The SMILES string of the molecule is CCC(O)(CC)C1C2OC3C(OC(=O)C31)C2OC(=O)C(C)C(C)C(=O)OC(C)C(F)(F)S(=O)(=O)O. The van der Waals surface area contributed by atoms with Gasteiger partial charge in [-0.3, -0.25) is 18.9 Å². The zero-order valence-corrected chi connectivity index (χ0v) is 20.7. The summed E-state index contributed by atoms with van der Waals surface area (Å²) in [5, 5.41) is 6.36. The van der Waals surface area contributed by atoms with Crippen LogP contribution >= 0.6 is 0 Å². The highest BCUT2D eigenvalue weighted by Gasteiger charge is 2.73. The van der Waals surface area contributed by atoms with Crippen molar-refractivity contribution in [1.29, 1.82) is 0 Å². The number of ether oxygens (including phenoxy) is 4. The normalized spacial score (nSPS) is 32.7. The molecule has 0 spiro atoms. The van der Waals surface area contributed by atoms with Crippen LogP contribution in [0, 0.1) is 23.7 Å². The van der Waals surface area contributed by atoms with E-state index in [-0.39, 0.29) is 0 Å². The minimum absolute atomic E-state index is 0.321. The lowest BCUT2D eigenvalue weighted by atomic mass is 9.67. The second kappa shape index (κ2) is 9.20. The van der Waals surface area contributed by atoms with Crippen LogP contribution in [-0.4, -0.2) is 77.4 Å². The number of aliphatic hydroxyl groups is 1. The summed E-state index contributed by atoms with van der Waals surface area (Å²) in [6, 6.07) is 0. The van der Waals surface area contributed by atoms with Crippen LogP contribution in [0.4, 0.5) is 8.78 Å². The van der Waals surface area contributed by atoms with E-state index in [2.05, 4.69) is 4.74 Å². The lowest BCUT2D eigenvalue weighted by Gasteiger charge is -2.39. The van der Waals surface area contributed by atoms with Crippen molar-refractivity contribution in [3.05, 3.63) is 0 Å². The van der Waals surface area contributed by atoms with Crippen molar-refractivity contribution < 1.29 is 60.2 Å². The van der Waals surface area contributed by atoms with Crippen LogP contribution in [0.3, 0.4) is 0 Å². The minimum atomic E-state index is -5.84. The van der Waals surface area contributed by atoms with E-state index in [1.165, 1.54) is 13.8 Å². The van der Waals surface area contributed by atoms with E-state index in [1.807, 2.05) is 0 Å². The maximum absolute atomic E-state index is 13.7. The van der Waals surface area contributed by atoms with Gasteiger partial charge in [0.1, 0.15) is 12.2 Å². The fraction of sp³-hybridized carbons (Fsp3) is 0.857. The summed E-state index contributed by atoms with van der Waals surface area (Å²) in [4.78, 5) is 37.6. The summed E-state index contributed by atoms with van der Waals surface area (Å²) in [6.07, 6.45) is -5.31. The van der Waals surface area contributed by atoms with Crippen molar-refractivity contribution in [3.8, 4) is 0 Å². The van der Waals surface area contributed by atoms with E-state index in [0.717, 1.165) is 0 Å². The van der Waals surface area contributed by atoms with Gasteiger partial charge in [-0.15, -0.1) is 0 Å². The van der Waals surface area contributed by atoms with E-state index in [0.29, 0.717) is 19.8 Å². The van der Waals surface area contributed by atoms with Gasteiger partial charge in [0.05, 0.1) is 23.4 Å². The first-order valence-corrected chi connectivity index (χ1v) is 12.8. The highest BCUT2D eigenvalue weighted by Crippen LogP contribution is 2.55. The molecular formula is C21H30F2O11S. The third kappa shape index (κ3) is 4.42. The number of esters is 3. The van der Waals surface area contributed by atoms with Crippen LogP contribution in [0.1, 0.15) is 47.5 Å². The first-order valence-electron chi connectivity index (χ1n) is 11.4. The Morgan fingerprint density at radius 1 is 1.06 bits per heavy atom. The Labute approximate surface area is 201 Å². The van der Waals surface area contributed by atoms with Gasteiger partial charge >= 0.3 is 33.3 Å². The second-order valence-electron chi connectivity index (χ2n) is 9.42. The van der Waals surface area contributed by atoms with Crippen LogP contribution < -0.4 is 0 Å². The van der Waals surface area contributed by atoms with Gasteiger partial charge in [0.15, 0.2) is 18.3 Å². The zero-order chi connectivity index (χ0) is 26.7. The van der Waals surface area contributed by atoms with Gasteiger partial charge in [0, 0.05) is 5.92 Å². The van der Waals surface area contributed by atoms with Crippen molar-refractivity contribution in [2.45, 2.75) is 88.8 Å². The molecule has 0 aromatic rings. The van der Waals surface area contributed by atoms with Crippen molar-refractivity contribution >= 4 is 28.0 Å². The molecule has 0 amide bonds. The summed E-state index contributed by atoms with van der Waals surface area (Å²) >= 11 is 0. The molecule has 11 nitrogen and oxygen atoms in total. The molecule has 3 aliphatic rings. The smallest absolute Gasteiger partial charge is 0.405 e. The molecular weight excluding hydrogens is 498 g/mol. The Hall–Kier alpha value is -1.90. The monoisotopic (exact) mass is 528 g/mol. The highest BCUT2D eigenvalue weighted by molar-refractivity contribution is 7.86. The van der Waals surface area contributed by atoms with Crippen LogP contribution in [0.2, 0.25) is 0 Å². The van der Waals surface area contributed by atoms with Gasteiger partial charge in [-0.1, -0.05) is 27.7 Å². The minimum Gasteiger partial charge on any atom is -0.455 e. The Bertz CT molecular complexity index is 980. The molecule has 0 aromatic heterocycles. The van der Waals surface area contributed by atoms with Gasteiger partial charge in [-0.05, 0) is 19.8 Å². The lowest BCUT2D eigenvalue weighted by molar-refractivity contribution is -0.176. The Morgan fingerprint density at radius 2 is 1.60 bits per heavy atom. The van der Waals surface area contributed by atoms with E-state index in [9.17, 15) is 36.7 Å². The molecule has 2 bridgehead atoms. The molecule has 3 aliphatic heterocycles. The number of hydrogen-bond acceptors (Lipinski definition) is 10. The van der Waals surface area contributed by atoms with E-state index in [1.54, 1.807) is 13.8 Å². The number of hydrogen-bond donors (Lipinski definition) is 2. The number of carbonyl (C=O) groups is 3. The molecule has 0 saturated carbocycles. The average Bonchev–Trinajstić information content (AvgIpc) is 3.40. The van der Waals surface area contributed by atoms with Crippen LogP contribution in [0.5, 0.6) is 0 Å². The van der Waals surface area contributed by atoms with Crippen LogP contribution in [0.15, 0.2) is 0 Å². The molecule has 35 heavy (non-hydrogen) atoms. The fourth-order valence-corrected chi connectivity index (χ4v) is 5.50. The lowest BCUT2D eigenvalue weighted by Crippen LogP contribution is -2.54. The van der Waals surface area contributed by atoms with E-state index >= 15 is 0 Å². The summed E-state index contributed by atoms with van der Waals surface area (Å²) in [7, 11) is -5.84. The number of carbonyl (C=O) groups excluding carboxylic acids is 3. The molecule has 0 aliphatic carbocycles. The molecule has 2 N–H and O–H groups in total. The fourth-order valence-electron chi connectivity index (χ4n) is 5.03. The number of rotatable bonds is 10. The molecule has 3 rings (SSSR count). The Morgan fingerprint density at radius 3 is 2.11 bits per heavy atom. The Kier molecular flexibility index (Phi) is 7.27. The van der Waals surface area contributed by atoms with Gasteiger partial charge in [-0.25, -0.2) is 0 Å². The number of halogens is 2. The maximum atomic E-state index is 13.7. The maximum Gasteiger partial charge on any atom is 0.405 e. The van der Waals surface area contributed by atoms with Gasteiger partial charge in [0.25, 0.3) is 0 Å². The third-order valence-corrected chi connectivity index (χ3v) is 8.63. The first-order chi connectivity index (χ1) is 16.0. The molecule has 9 unspecified atom stereocenters. The average molecular weight is 529 g/mol. The van der Waals surface area contributed by atoms with Crippen molar-refractivity contribution in [1.82, 2.24) is 0 Å². The second-order valence-corrected chi connectivity index (χ2v) is 10.9. The van der Waals surface area contributed by atoms with Crippen molar-refractivity contribution in [2.24, 2.45) is 23.7 Å². The number of alkyl halides is 2. The highest BCUT2D eigenvalue weighted by atomic mass is 32.2. The van der Waals surface area contributed by atoms with Gasteiger partial charge in [0.2, 0.25) is 0 Å². The molecule has 3 saturated heterocycles. The summed E-state index contributed by atoms with van der Waals surface area (Å²) in [5.41, 5.74) is -1.26. The molecule has 3 fully saturated rings. The summed E-state index contributed by atoms with van der Waals surface area (Å²) < 4.78 is 79.0. The summed E-state index contributed by atoms with van der Waals surface area (Å²) in [5.74, 6) is -6.72. The van der Waals surface area contributed by atoms with Gasteiger partial charge < -0.3 is 24.1 Å². The molecule has 0 aromatic carbocycles. The summed E-state index contributed by atoms with van der Waals surface area (Å²) in [6.45, 7) is 6.59. The molecule has 9 atom stereocenters. The largest absolute Gasteiger partial charge is 0.455 e. The molecule has 0 radical (unpaired) electrons. The number of fused-ring (bicyclic) bond motifs is 1. The third-order valence-electron chi connectivity index (χ3n) is 7.61. The van der Waals surface area contributed by atoms with E-state index in [4.69, 9.17) is 18.8 Å². The van der Waals surface area contributed by atoms with E-state index < -0.39 is 93.1 Å².